The van der Waals surface area contributed by atoms with E-state index < -0.39 is 6.10 Å². The number of allylic oxidation sites excluding steroid dienone is 26. The molecule has 0 fully saturated rings. The molecule has 0 spiro atoms. The average Bonchev–Trinajstić information content (AvgIpc) is 3.34. The molecule has 0 aliphatic rings. The third-order valence-corrected chi connectivity index (χ3v) is 10.6. The molecule has 6 nitrogen and oxygen atoms in total. The van der Waals surface area contributed by atoms with Crippen molar-refractivity contribution in [1.82, 2.24) is 0 Å². The summed E-state index contributed by atoms with van der Waals surface area (Å²) in [6.07, 6.45) is 79.4. The summed E-state index contributed by atoms with van der Waals surface area (Å²) in [4.78, 5) is 38.0. The molecule has 0 bridgehead atoms. The second-order valence-electron chi connectivity index (χ2n) is 17.0. The van der Waals surface area contributed by atoms with Crippen LogP contribution in [0.3, 0.4) is 0 Å². The van der Waals surface area contributed by atoms with Crippen LogP contribution in [0.25, 0.3) is 0 Å². The van der Waals surface area contributed by atoms with Crippen LogP contribution >= 0.6 is 0 Å². The molecule has 6 heteroatoms. The fourth-order valence-corrected chi connectivity index (χ4v) is 6.60. The van der Waals surface area contributed by atoms with Crippen LogP contribution in [0.1, 0.15) is 194 Å². The lowest BCUT2D eigenvalue weighted by molar-refractivity contribution is -0.167. The van der Waals surface area contributed by atoms with E-state index in [0.717, 1.165) is 103 Å². The van der Waals surface area contributed by atoms with E-state index in [2.05, 4.69) is 69.4 Å². The first-order valence-corrected chi connectivity index (χ1v) is 26.7. The quantitative estimate of drug-likeness (QED) is 0.0262. The van der Waals surface area contributed by atoms with Gasteiger partial charge in [-0.1, -0.05) is 249 Å². The normalized spacial score (nSPS) is 13.4. The van der Waals surface area contributed by atoms with E-state index >= 15 is 0 Å². The van der Waals surface area contributed by atoms with Crippen molar-refractivity contribution in [1.29, 1.82) is 0 Å². The van der Waals surface area contributed by atoms with Crippen molar-refractivity contribution in [2.45, 2.75) is 200 Å². The second kappa shape index (κ2) is 54.6. The lowest BCUT2D eigenvalue weighted by Crippen LogP contribution is -2.30. The van der Waals surface area contributed by atoms with Gasteiger partial charge in [-0.2, -0.15) is 0 Å². The summed E-state index contributed by atoms with van der Waals surface area (Å²) in [6.45, 7) is 6.23. The zero-order valence-corrected chi connectivity index (χ0v) is 43.0. The Balaban J connectivity index is 4.60. The first-order chi connectivity index (χ1) is 33.5. The third-order valence-electron chi connectivity index (χ3n) is 10.6. The van der Waals surface area contributed by atoms with Gasteiger partial charge in [0.25, 0.3) is 0 Å². The Kier molecular flexibility index (Phi) is 50.6. The van der Waals surface area contributed by atoms with Crippen molar-refractivity contribution in [3.63, 3.8) is 0 Å². The third kappa shape index (κ3) is 52.0. The van der Waals surface area contributed by atoms with Crippen molar-refractivity contribution in [3.8, 4) is 0 Å². The number of hydrogen-bond donors (Lipinski definition) is 0. The number of unbranched alkanes of at least 4 members (excludes halogenated alkanes) is 18. The number of carbonyl (C=O) groups excluding carboxylic acids is 3. The minimum Gasteiger partial charge on any atom is -0.462 e. The van der Waals surface area contributed by atoms with Gasteiger partial charge in [-0.25, -0.2) is 0 Å². The van der Waals surface area contributed by atoms with Gasteiger partial charge >= 0.3 is 17.9 Å². The molecule has 378 valence electrons. The average molecular weight is 935 g/mol. The van der Waals surface area contributed by atoms with Gasteiger partial charge in [0.1, 0.15) is 13.2 Å². The number of rotatable bonds is 45. The highest BCUT2D eigenvalue weighted by atomic mass is 16.6. The molecule has 0 rings (SSSR count). The summed E-state index contributed by atoms with van der Waals surface area (Å²) in [7, 11) is 0. The summed E-state index contributed by atoms with van der Waals surface area (Å²) in [5.74, 6) is -1.04. The molecule has 0 N–H and O–H groups in total. The van der Waals surface area contributed by atoms with Crippen molar-refractivity contribution in [2.24, 2.45) is 0 Å². The fourth-order valence-electron chi connectivity index (χ4n) is 6.60. The van der Waals surface area contributed by atoms with Crippen LogP contribution < -0.4 is 0 Å². The lowest BCUT2D eigenvalue weighted by Gasteiger charge is -2.18. The number of ether oxygens (including phenoxy) is 3. The second-order valence-corrected chi connectivity index (χ2v) is 17.0. The van der Waals surface area contributed by atoms with Crippen LogP contribution in [0, 0.1) is 0 Å². The van der Waals surface area contributed by atoms with Gasteiger partial charge in [-0.3, -0.25) is 14.4 Å². The van der Waals surface area contributed by atoms with E-state index in [9.17, 15) is 14.4 Å². The SMILES string of the molecule is CC\C=C/C=C\C=C/C=C\C=C\C=C/C=C\CCCCCC(=O)OCC(COC(=O)CCCCC\C=C/C=C\C=C/C=C\CC)OC(=O)CCCCCCC/C=C\C=C/CCCCCCCCC. The van der Waals surface area contributed by atoms with Crippen LogP contribution in [-0.4, -0.2) is 37.2 Å². The molecule has 0 heterocycles. The highest BCUT2D eigenvalue weighted by Gasteiger charge is 2.19. The number of hydrogen-bond acceptors (Lipinski definition) is 6. The molecule has 1 atom stereocenters. The maximum Gasteiger partial charge on any atom is 0.306 e. The predicted molar refractivity (Wildman–Crippen MR) is 292 cm³/mol. The van der Waals surface area contributed by atoms with Crippen LogP contribution in [0.4, 0.5) is 0 Å². The van der Waals surface area contributed by atoms with Crippen LogP contribution in [0.5, 0.6) is 0 Å². The summed E-state index contributed by atoms with van der Waals surface area (Å²) >= 11 is 0. The van der Waals surface area contributed by atoms with E-state index in [4.69, 9.17) is 14.2 Å². The fraction of sp³-hybridized carbons (Fsp3) is 0.532. The molecule has 1 unspecified atom stereocenters. The molecule has 0 aromatic carbocycles. The summed E-state index contributed by atoms with van der Waals surface area (Å²) in [6, 6.07) is 0. The first-order valence-electron chi connectivity index (χ1n) is 26.7. The minimum atomic E-state index is -0.830. The largest absolute Gasteiger partial charge is 0.462 e. The molecule has 0 saturated heterocycles. The van der Waals surface area contributed by atoms with Crippen LogP contribution in [-0.2, 0) is 28.6 Å². The Morgan fingerprint density at radius 3 is 0.926 bits per heavy atom. The summed E-state index contributed by atoms with van der Waals surface area (Å²) < 4.78 is 16.7. The molecule has 68 heavy (non-hydrogen) atoms. The van der Waals surface area contributed by atoms with E-state index in [-0.39, 0.29) is 44.0 Å². The van der Waals surface area contributed by atoms with Gasteiger partial charge in [-0.15, -0.1) is 0 Å². The highest BCUT2D eigenvalue weighted by molar-refractivity contribution is 5.71. The van der Waals surface area contributed by atoms with Crippen LogP contribution in [0.15, 0.2) is 158 Å². The Morgan fingerprint density at radius 1 is 0.309 bits per heavy atom. The molecule has 0 aliphatic heterocycles. The smallest absolute Gasteiger partial charge is 0.306 e. The Bertz CT molecular complexity index is 1590. The van der Waals surface area contributed by atoms with Crippen molar-refractivity contribution in [3.05, 3.63) is 158 Å². The Labute approximate surface area is 416 Å². The molecule has 0 aliphatic carbocycles. The van der Waals surface area contributed by atoms with Gasteiger partial charge in [0, 0.05) is 19.3 Å². The molecule has 0 aromatic heterocycles. The molecular formula is C62H94O6. The number of carbonyl (C=O) groups is 3. The summed E-state index contributed by atoms with van der Waals surface area (Å²) in [5.41, 5.74) is 0. The van der Waals surface area contributed by atoms with Gasteiger partial charge in [0.15, 0.2) is 6.10 Å². The molecule has 0 amide bonds. The summed E-state index contributed by atoms with van der Waals surface area (Å²) in [5, 5.41) is 0. The highest BCUT2D eigenvalue weighted by Crippen LogP contribution is 2.12. The van der Waals surface area contributed by atoms with E-state index in [1.165, 1.54) is 44.9 Å². The number of esters is 3. The standard InChI is InChI=1S/C62H94O6/c1-4-7-10-13-16-19-22-25-27-29-31-33-34-37-40-43-46-49-52-55-61(64)67-58-59(57-66-60(63)54-51-48-45-42-39-36-24-21-18-15-12-9-6-3)68-62(65)56-53-50-47-44-41-38-35-32-30-28-26-23-20-17-14-11-8-5-2/h7,9-10,12-13,15-16,18-19,21-22,24-25,27-37,39-40,59H,4-6,8,11,14,17,20,23,26,38,41-58H2,1-3H3/b10-7-,12-9-,16-13-,18-15-,22-19-,24-21-,27-25-,30-28-,31-29+,34-33-,35-32-,39-36-,40-37-. The zero-order chi connectivity index (χ0) is 49.3. The van der Waals surface area contributed by atoms with E-state index in [1.807, 2.05) is 109 Å². The monoisotopic (exact) mass is 935 g/mol. The maximum absolute atomic E-state index is 12.8. The molecule has 0 saturated carbocycles. The van der Waals surface area contributed by atoms with E-state index in [1.54, 1.807) is 0 Å². The first kappa shape index (κ1) is 63.0. The Morgan fingerprint density at radius 2 is 0.574 bits per heavy atom. The minimum absolute atomic E-state index is 0.128. The van der Waals surface area contributed by atoms with Crippen molar-refractivity contribution in [2.75, 3.05) is 13.2 Å². The van der Waals surface area contributed by atoms with Gasteiger partial charge in [0.05, 0.1) is 0 Å². The van der Waals surface area contributed by atoms with Gasteiger partial charge < -0.3 is 14.2 Å². The van der Waals surface area contributed by atoms with Gasteiger partial charge in [-0.05, 0) is 83.5 Å². The van der Waals surface area contributed by atoms with Crippen LogP contribution in [0.2, 0.25) is 0 Å². The topological polar surface area (TPSA) is 78.9 Å². The predicted octanol–water partition coefficient (Wildman–Crippen LogP) is 17.8. The van der Waals surface area contributed by atoms with E-state index in [0.29, 0.717) is 12.8 Å². The molecule has 0 radical (unpaired) electrons. The zero-order valence-electron chi connectivity index (χ0n) is 43.0. The molecular weight excluding hydrogens is 841 g/mol. The Hall–Kier alpha value is -4.97. The van der Waals surface area contributed by atoms with Crippen molar-refractivity contribution < 1.29 is 28.6 Å². The van der Waals surface area contributed by atoms with Gasteiger partial charge in [0.2, 0.25) is 0 Å². The lowest BCUT2D eigenvalue weighted by atomic mass is 10.1. The van der Waals surface area contributed by atoms with Crippen molar-refractivity contribution >= 4 is 17.9 Å². The molecule has 0 aromatic rings. The maximum atomic E-state index is 12.8.